The molecule has 1 aromatic carbocycles. The van der Waals surface area contributed by atoms with Crippen LogP contribution in [-0.4, -0.2) is 27.2 Å². The molecule has 0 aliphatic rings. The number of carbonyl (C=O) groups excluding carboxylic acids is 1. The first-order chi connectivity index (χ1) is 9.99. The van der Waals surface area contributed by atoms with Crippen LogP contribution in [0.3, 0.4) is 0 Å². The number of nitro benzene ring substituents is 1. The van der Waals surface area contributed by atoms with E-state index in [0.29, 0.717) is 18.7 Å². The number of benzene rings is 1. The Labute approximate surface area is 117 Å². The molecule has 1 aromatic heterocycles. The average Bonchev–Trinajstić information content (AvgIpc) is 2.93. The molecule has 1 amide bonds. The number of hydrogen-bond donors (Lipinski definition) is 1. The molecule has 0 bridgehead atoms. The van der Waals surface area contributed by atoms with Gasteiger partial charge in [-0.1, -0.05) is 0 Å². The second-order valence-electron chi connectivity index (χ2n) is 4.07. The highest BCUT2D eigenvalue weighted by Crippen LogP contribution is 2.21. The second-order valence-corrected chi connectivity index (χ2v) is 4.07. The third-order valence-corrected chi connectivity index (χ3v) is 2.66. The lowest BCUT2D eigenvalue weighted by Gasteiger charge is -2.06. The normalized spacial score (nSPS) is 10.4. The van der Waals surface area contributed by atoms with E-state index in [1.54, 1.807) is 23.1 Å². The van der Waals surface area contributed by atoms with Crippen molar-refractivity contribution < 1.29 is 18.5 Å². The van der Waals surface area contributed by atoms with Gasteiger partial charge >= 0.3 is 5.69 Å². The second kappa shape index (κ2) is 6.07. The number of hydrogen-bond acceptors (Lipinski definition) is 4. The number of nitrogens with one attached hydrogen (secondary N) is 1. The van der Waals surface area contributed by atoms with Crippen LogP contribution in [0, 0.1) is 21.7 Å². The zero-order valence-electron chi connectivity index (χ0n) is 10.6. The molecule has 7 nitrogen and oxygen atoms in total. The number of rotatable bonds is 5. The van der Waals surface area contributed by atoms with E-state index in [4.69, 9.17) is 0 Å². The third kappa shape index (κ3) is 3.38. The highest BCUT2D eigenvalue weighted by atomic mass is 19.1. The van der Waals surface area contributed by atoms with Gasteiger partial charge in [-0.3, -0.25) is 19.6 Å². The molecule has 0 aliphatic carbocycles. The van der Waals surface area contributed by atoms with E-state index in [2.05, 4.69) is 10.4 Å². The Morgan fingerprint density at radius 3 is 2.76 bits per heavy atom. The lowest BCUT2D eigenvalue weighted by molar-refractivity contribution is -0.387. The summed E-state index contributed by atoms with van der Waals surface area (Å²) in [4.78, 5) is 21.1. The Kier molecular flexibility index (Phi) is 4.21. The number of nitro groups is 1. The van der Waals surface area contributed by atoms with Crippen LogP contribution in [0.15, 0.2) is 30.6 Å². The Bertz CT molecular complexity index is 673. The molecule has 0 radical (unpaired) electrons. The topological polar surface area (TPSA) is 90.1 Å². The molecule has 0 spiro atoms. The highest BCUT2D eigenvalue weighted by molar-refractivity contribution is 5.94. The van der Waals surface area contributed by atoms with E-state index in [1.807, 2.05) is 0 Å². The van der Waals surface area contributed by atoms with E-state index >= 15 is 0 Å². The van der Waals surface area contributed by atoms with Crippen molar-refractivity contribution in [2.75, 3.05) is 6.54 Å². The minimum Gasteiger partial charge on any atom is -0.350 e. The summed E-state index contributed by atoms with van der Waals surface area (Å²) in [6.07, 6.45) is 3.24. The van der Waals surface area contributed by atoms with Crippen molar-refractivity contribution in [3.05, 3.63) is 57.9 Å². The lowest BCUT2D eigenvalue weighted by atomic mass is 10.1. The summed E-state index contributed by atoms with van der Waals surface area (Å²) in [6, 6.07) is 2.60. The van der Waals surface area contributed by atoms with Gasteiger partial charge < -0.3 is 5.32 Å². The lowest BCUT2D eigenvalue weighted by Crippen LogP contribution is -2.28. The van der Waals surface area contributed by atoms with Gasteiger partial charge in [0.25, 0.3) is 5.91 Å². The van der Waals surface area contributed by atoms with Crippen LogP contribution in [0.5, 0.6) is 0 Å². The van der Waals surface area contributed by atoms with Gasteiger partial charge in [-0.25, -0.2) is 4.39 Å². The van der Waals surface area contributed by atoms with E-state index in [-0.39, 0.29) is 6.54 Å². The van der Waals surface area contributed by atoms with Crippen molar-refractivity contribution >= 4 is 11.6 Å². The molecule has 0 atom stereocenters. The van der Waals surface area contributed by atoms with Gasteiger partial charge in [-0.05, 0) is 12.1 Å². The molecule has 110 valence electrons. The average molecular weight is 296 g/mol. The Hall–Kier alpha value is -2.84. The fraction of sp³-hybridized carbons (Fsp3) is 0.167. The van der Waals surface area contributed by atoms with Crippen LogP contribution in [0.25, 0.3) is 0 Å². The van der Waals surface area contributed by atoms with Crippen molar-refractivity contribution in [1.29, 1.82) is 0 Å². The summed E-state index contributed by atoms with van der Waals surface area (Å²) in [5, 5.41) is 16.7. The van der Waals surface area contributed by atoms with Crippen molar-refractivity contribution in [2.24, 2.45) is 0 Å². The van der Waals surface area contributed by atoms with Crippen LogP contribution in [0.2, 0.25) is 0 Å². The minimum atomic E-state index is -1.27. The number of aromatic nitrogens is 2. The maximum Gasteiger partial charge on any atom is 0.307 e. The van der Waals surface area contributed by atoms with Crippen LogP contribution in [0.4, 0.5) is 14.5 Å². The van der Waals surface area contributed by atoms with Gasteiger partial charge in [0, 0.05) is 18.9 Å². The van der Waals surface area contributed by atoms with Crippen LogP contribution in [-0.2, 0) is 6.54 Å². The van der Waals surface area contributed by atoms with Crippen molar-refractivity contribution in [2.45, 2.75) is 6.54 Å². The smallest absolute Gasteiger partial charge is 0.307 e. The van der Waals surface area contributed by atoms with E-state index in [9.17, 15) is 23.7 Å². The molecule has 2 aromatic rings. The zero-order chi connectivity index (χ0) is 15.4. The summed E-state index contributed by atoms with van der Waals surface area (Å²) in [5.41, 5.74) is -1.60. The first-order valence-corrected chi connectivity index (χ1v) is 5.88. The number of amides is 1. The summed E-state index contributed by atoms with van der Waals surface area (Å²) in [7, 11) is 0. The minimum absolute atomic E-state index is 0.151. The van der Waals surface area contributed by atoms with Crippen LogP contribution in [0.1, 0.15) is 10.4 Å². The largest absolute Gasteiger partial charge is 0.350 e. The van der Waals surface area contributed by atoms with Crippen molar-refractivity contribution in [1.82, 2.24) is 15.1 Å². The Balaban J connectivity index is 2.05. The predicted octanol–water partition coefficient (Wildman–Crippen LogP) is 1.50. The predicted molar refractivity (Wildman–Crippen MR) is 67.6 cm³/mol. The molecule has 0 saturated heterocycles. The molecule has 0 unspecified atom stereocenters. The van der Waals surface area contributed by atoms with Gasteiger partial charge in [0.05, 0.1) is 23.1 Å². The van der Waals surface area contributed by atoms with Gasteiger partial charge in [-0.15, -0.1) is 0 Å². The Morgan fingerprint density at radius 1 is 1.38 bits per heavy atom. The molecular weight excluding hydrogens is 286 g/mol. The number of halogens is 2. The molecule has 1 N–H and O–H groups in total. The van der Waals surface area contributed by atoms with Gasteiger partial charge in [0.1, 0.15) is 5.82 Å². The maximum atomic E-state index is 13.6. The fourth-order valence-corrected chi connectivity index (χ4v) is 1.66. The molecule has 0 saturated carbocycles. The molecule has 21 heavy (non-hydrogen) atoms. The molecule has 2 rings (SSSR count). The number of carbonyl (C=O) groups is 1. The maximum absolute atomic E-state index is 13.6. The summed E-state index contributed by atoms with van der Waals surface area (Å²) in [5.74, 6) is -3.27. The molecular formula is C12H10F2N4O3. The van der Waals surface area contributed by atoms with Gasteiger partial charge in [-0.2, -0.15) is 9.49 Å². The highest BCUT2D eigenvalue weighted by Gasteiger charge is 2.21. The summed E-state index contributed by atoms with van der Waals surface area (Å²) < 4.78 is 28.5. The Morgan fingerprint density at radius 2 is 2.14 bits per heavy atom. The molecule has 9 heteroatoms. The first kappa shape index (κ1) is 14.6. The third-order valence-electron chi connectivity index (χ3n) is 2.66. The first-order valence-electron chi connectivity index (χ1n) is 5.88. The van der Waals surface area contributed by atoms with E-state index in [1.165, 1.54) is 0 Å². The SMILES string of the molecule is O=C(NCCn1cccn1)c1cc(F)c([N+](=O)[O-])cc1F. The zero-order valence-corrected chi connectivity index (χ0v) is 10.6. The summed E-state index contributed by atoms with van der Waals surface area (Å²) in [6.45, 7) is 0.508. The van der Waals surface area contributed by atoms with Crippen molar-refractivity contribution in [3.63, 3.8) is 0 Å². The van der Waals surface area contributed by atoms with Crippen molar-refractivity contribution in [3.8, 4) is 0 Å². The van der Waals surface area contributed by atoms with Gasteiger partial charge in [0.2, 0.25) is 5.82 Å². The summed E-state index contributed by atoms with van der Waals surface area (Å²) >= 11 is 0. The van der Waals surface area contributed by atoms with Crippen LogP contribution < -0.4 is 5.32 Å². The molecule has 0 aliphatic heterocycles. The van der Waals surface area contributed by atoms with Gasteiger partial charge in [0.15, 0.2) is 0 Å². The van der Waals surface area contributed by atoms with Crippen LogP contribution >= 0.6 is 0 Å². The monoisotopic (exact) mass is 296 g/mol. The van der Waals surface area contributed by atoms with E-state index < -0.39 is 33.7 Å². The number of nitrogens with zero attached hydrogens (tertiary/aromatic N) is 3. The molecule has 1 heterocycles. The fourth-order valence-electron chi connectivity index (χ4n) is 1.66. The van der Waals surface area contributed by atoms with E-state index in [0.717, 1.165) is 0 Å². The standard InChI is InChI=1S/C12H10F2N4O3/c13-9-7-11(18(20)21)10(14)6-8(9)12(19)15-3-5-17-4-1-2-16-17/h1-2,4,6-7H,3,5H2,(H,15,19). The quantitative estimate of drug-likeness (QED) is 0.668. The molecule has 0 fully saturated rings.